The summed E-state index contributed by atoms with van der Waals surface area (Å²) in [6.07, 6.45) is 1.70. The standard InChI is InChI=1S/C15H21N3O2.ClH/c1-16-8-9-17-14(19)7-6-12-10-11-4-2-3-5-13(11)18-15(12)20;/h2-5,12,16H,6-10H2,1H3,(H,17,19)(H,18,20);1H. The van der Waals surface area contributed by atoms with Crippen molar-refractivity contribution in [2.45, 2.75) is 19.3 Å². The molecule has 1 aliphatic heterocycles. The quantitative estimate of drug-likeness (QED) is 0.694. The van der Waals surface area contributed by atoms with Gasteiger partial charge in [-0.2, -0.15) is 0 Å². The molecule has 1 aromatic carbocycles. The van der Waals surface area contributed by atoms with E-state index in [4.69, 9.17) is 0 Å². The van der Waals surface area contributed by atoms with Gasteiger partial charge in [0.2, 0.25) is 11.8 Å². The van der Waals surface area contributed by atoms with Crippen molar-refractivity contribution in [1.29, 1.82) is 0 Å². The van der Waals surface area contributed by atoms with Crippen molar-refractivity contribution in [3.05, 3.63) is 29.8 Å². The van der Waals surface area contributed by atoms with Gasteiger partial charge >= 0.3 is 0 Å². The average molecular weight is 312 g/mol. The van der Waals surface area contributed by atoms with Crippen LogP contribution in [-0.2, 0) is 16.0 Å². The average Bonchev–Trinajstić information content (AvgIpc) is 2.45. The summed E-state index contributed by atoms with van der Waals surface area (Å²) in [5, 5.41) is 8.70. The Morgan fingerprint density at radius 2 is 2.10 bits per heavy atom. The van der Waals surface area contributed by atoms with Gasteiger partial charge < -0.3 is 16.0 Å². The lowest BCUT2D eigenvalue weighted by Crippen LogP contribution is -2.33. The molecule has 5 nitrogen and oxygen atoms in total. The first-order valence-electron chi connectivity index (χ1n) is 7.00. The smallest absolute Gasteiger partial charge is 0.227 e. The van der Waals surface area contributed by atoms with Crippen molar-refractivity contribution in [2.24, 2.45) is 5.92 Å². The summed E-state index contributed by atoms with van der Waals surface area (Å²) >= 11 is 0. The number of amides is 2. The minimum atomic E-state index is -0.111. The summed E-state index contributed by atoms with van der Waals surface area (Å²) in [5.41, 5.74) is 2.04. The summed E-state index contributed by atoms with van der Waals surface area (Å²) in [4.78, 5) is 23.6. The molecule has 1 aliphatic rings. The summed E-state index contributed by atoms with van der Waals surface area (Å²) < 4.78 is 0. The predicted molar refractivity (Wildman–Crippen MR) is 85.7 cm³/mol. The zero-order chi connectivity index (χ0) is 14.4. The van der Waals surface area contributed by atoms with Crippen molar-refractivity contribution < 1.29 is 9.59 Å². The molecule has 116 valence electrons. The molecule has 0 aromatic heterocycles. The maximum atomic E-state index is 12.0. The molecule has 2 rings (SSSR count). The van der Waals surface area contributed by atoms with Gasteiger partial charge in [-0.15, -0.1) is 12.4 Å². The summed E-state index contributed by atoms with van der Waals surface area (Å²) in [6, 6.07) is 7.81. The Labute approximate surface area is 131 Å². The molecule has 0 saturated carbocycles. The van der Waals surface area contributed by atoms with Gasteiger partial charge in [-0.3, -0.25) is 9.59 Å². The maximum Gasteiger partial charge on any atom is 0.227 e. The molecule has 0 aliphatic carbocycles. The van der Waals surface area contributed by atoms with Gasteiger partial charge in [-0.1, -0.05) is 18.2 Å². The molecule has 3 N–H and O–H groups in total. The van der Waals surface area contributed by atoms with Crippen LogP contribution in [0, 0.1) is 5.92 Å². The predicted octanol–water partition coefficient (Wildman–Crippen LogP) is 1.33. The van der Waals surface area contributed by atoms with Crippen molar-refractivity contribution >= 4 is 29.9 Å². The Morgan fingerprint density at radius 3 is 2.86 bits per heavy atom. The fourth-order valence-electron chi connectivity index (χ4n) is 2.37. The van der Waals surface area contributed by atoms with Crippen LogP contribution in [0.15, 0.2) is 24.3 Å². The van der Waals surface area contributed by atoms with Crippen molar-refractivity contribution in [3.8, 4) is 0 Å². The largest absolute Gasteiger partial charge is 0.355 e. The van der Waals surface area contributed by atoms with Crippen LogP contribution in [0.4, 0.5) is 5.69 Å². The second kappa shape index (κ2) is 8.64. The van der Waals surface area contributed by atoms with Gasteiger partial charge in [-0.05, 0) is 31.5 Å². The van der Waals surface area contributed by atoms with Crippen LogP contribution in [0.5, 0.6) is 0 Å². The number of benzene rings is 1. The number of likely N-dealkylation sites (N-methyl/N-ethyl adjacent to an activating group) is 1. The second-order valence-electron chi connectivity index (χ2n) is 5.04. The van der Waals surface area contributed by atoms with E-state index in [-0.39, 0.29) is 30.1 Å². The molecule has 1 atom stereocenters. The van der Waals surface area contributed by atoms with E-state index >= 15 is 0 Å². The third-order valence-corrected chi connectivity index (χ3v) is 3.53. The summed E-state index contributed by atoms with van der Waals surface area (Å²) in [7, 11) is 1.84. The number of para-hydroxylation sites is 1. The van der Waals surface area contributed by atoms with Gasteiger partial charge in [-0.25, -0.2) is 0 Å². The van der Waals surface area contributed by atoms with E-state index in [1.165, 1.54) is 0 Å². The molecule has 1 heterocycles. The number of hydrogen-bond acceptors (Lipinski definition) is 3. The Bertz CT molecular complexity index is 494. The second-order valence-corrected chi connectivity index (χ2v) is 5.04. The number of anilines is 1. The van der Waals surface area contributed by atoms with Crippen LogP contribution in [0.2, 0.25) is 0 Å². The van der Waals surface area contributed by atoms with E-state index in [1.54, 1.807) is 0 Å². The first kappa shape index (κ1) is 17.5. The van der Waals surface area contributed by atoms with Gasteiger partial charge in [0.1, 0.15) is 0 Å². The lowest BCUT2D eigenvalue weighted by atomic mass is 9.89. The number of rotatable bonds is 6. The minimum absolute atomic E-state index is 0. The lowest BCUT2D eigenvalue weighted by molar-refractivity contribution is -0.122. The zero-order valence-corrected chi connectivity index (χ0v) is 13.0. The van der Waals surface area contributed by atoms with Gasteiger partial charge in [0.05, 0.1) is 0 Å². The molecular weight excluding hydrogens is 290 g/mol. The Morgan fingerprint density at radius 1 is 1.33 bits per heavy atom. The summed E-state index contributed by atoms with van der Waals surface area (Å²) in [5.74, 6) is -0.0846. The van der Waals surface area contributed by atoms with E-state index < -0.39 is 0 Å². The molecule has 1 aromatic rings. The van der Waals surface area contributed by atoms with Gasteiger partial charge in [0.15, 0.2) is 0 Å². The first-order valence-corrected chi connectivity index (χ1v) is 7.00. The Hall–Kier alpha value is -1.59. The van der Waals surface area contributed by atoms with Crippen molar-refractivity contribution in [2.75, 3.05) is 25.5 Å². The van der Waals surface area contributed by atoms with Crippen molar-refractivity contribution in [1.82, 2.24) is 10.6 Å². The molecule has 6 heteroatoms. The number of halogens is 1. The molecule has 1 unspecified atom stereocenters. The van der Waals surface area contributed by atoms with E-state index in [9.17, 15) is 9.59 Å². The molecule has 0 saturated heterocycles. The fourth-order valence-corrected chi connectivity index (χ4v) is 2.37. The molecule has 0 bridgehead atoms. The van der Waals surface area contributed by atoms with Gasteiger partial charge in [0.25, 0.3) is 0 Å². The SMILES string of the molecule is CNCCNC(=O)CCC1Cc2ccccc2NC1=O.Cl. The van der Waals surface area contributed by atoms with E-state index in [0.29, 0.717) is 25.8 Å². The first-order chi connectivity index (χ1) is 9.70. The molecule has 21 heavy (non-hydrogen) atoms. The van der Waals surface area contributed by atoms with Crippen LogP contribution in [-0.4, -0.2) is 32.0 Å². The molecular formula is C15H22ClN3O2. The van der Waals surface area contributed by atoms with Crippen LogP contribution < -0.4 is 16.0 Å². The number of carbonyl (C=O) groups excluding carboxylic acids is 2. The highest BCUT2D eigenvalue weighted by Gasteiger charge is 2.25. The van der Waals surface area contributed by atoms with Crippen LogP contribution in [0.25, 0.3) is 0 Å². The summed E-state index contributed by atoms with van der Waals surface area (Å²) in [6.45, 7) is 1.37. The molecule has 2 amide bonds. The van der Waals surface area contributed by atoms with E-state index in [0.717, 1.165) is 17.8 Å². The number of fused-ring (bicyclic) bond motifs is 1. The third kappa shape index (κ3) is 5.02. The number of nitrogens with one attached hydrogen (secondary N) is 3. The Balaban J connectivity index is 0.00000220. The monoisotopic (exact) mass is 311 g/mol. The van der Waals surface area contributed by atoms with Crippen LogP contribution in [0.3, 0.4) is 0 Å². The van der Waals surface area contributed by atoms with Crippen LogP contribution in [0.1, 0.15) is 18.4 Å². The lowest BCUT2D eigenvalue weighted by Gasteiger charge is -2.24. The molecule has 0 spiro atoms. The van der Waals surface area contributed by atoms with Crippen LogP contribution >= 0.6 is 12.4 Å². The molecule has 0 fully saturated rings. The van der Waals surface area contributed by atoms with E-state index in [2.05, 4.69) is 16.0 Å². The highest BCUT2D eigenvalue weighted by molar-refractivity contribution is 5.96. The highest BCUT2D eigenvalue weighted by Crippen LogP contribution is 2.27. The third-order valence-electron chi connectivity index (χ3n) is 3.53. The topological polar surface area (TPSA) is 70.2 Å². The van der Waals surface area contributed by atoms with Crippen molar-refractivity contribution in [3.63, 3.8) is 0 Å². The maximum absolute atomic E-state index is 12.0. The normalized spacial score (nSPS) is 16.4. The number of carbonyl (C=O) groups is 2. The fraction of sp³-hybridized carbons (Fsp3) is 0.467. The molecule has 0 radical (unpaired) electrons. The number of hydrogen-bond donors (Lipinski definition) is 3. The zero-order valence-electron chi connectivity index (χ0n) is 12.1. The highest BCUT2D eigenvalue weighted by atomic mass is 35.5. The van der Waals surface area contributed by atoms with E-state index in [1.807, 2.05) is 31.3 Å². The van der Waals surface area contributed by atoms with Gasteiger partial charge in [0, 0.05) is 31.1 Å². The minimum Gasteiger partial charge on any atom is -0.355 e. The Kier molecular flexibility index (Phi) is 7.19.